The van der Waals surface area contributed by atoms with Crippen LogP contribution in [-0.4, -0.2) is 49.0 Å². The molecule has 0 aliphatic carbocycles. The van der Waals surface area contributed by atoms with Gasteiger partial charge in [-0.15, -0.1) is 11.3 Å². The Morgan fingerprint density at radius 2 is 2.15 bits per heavy atom. The number of ether oxygens (including phenoxy) is 1. The van der Waals surface area contributed by atoms with Crippen LogP contribution in [0.2, 0.25) is 4.34 Å². The second-order valence-corrected chi connectivity index (χ2v) is 7.62. The number of rotatable bonds is 4. The predicted molar refractivity (Wildman–Crippen MR) is 101 cm³/mol. The van der Waals surface area contributed by atoms with Crippen LogP contribution in [0.1, 0.15) is 11.3 Å². The molecule has 0 spiro atoms. The van der Waals surface area contributed by atoms with Crippen molar-refractivity contribution in [3.8, 4) is 0 Å². The maximum absolute atomic E-state index is 12.6. The highest BCUT2D eigenvalue weighted by Gasteiger charge is 2.30. The van der Waals surface area contributed by atoms with E-state index < -0.39 is 6.10 Å². The highest BCUT2D eigenvalue weighted by atomic mass is 35.5. The summed E-state index contributed by atoms with van der Waals surface area (Å²) in [4.78, 5) is 25.4. The first kappa shape index (κ1) is 17.3. The Morgan fingerprint density at radius 3 is 2.92 bits per heavy atom. The summed E-state index contributed by atoms with van der Waals surface area (Å²) in [5.74, 6) is 0.502. The Balaban J connectivity index is 1.43. The van der Waals surface area contributed by atoms with Crippen molar-refractivity contribution in [1.82, 2.24) is 4.98 Å². The summed E-state index contributed by atoms with van der Waals surface area (Å²) < 4.78 is 6.06. The summed E-state index contributed by atoms with van der Waals surface area (Å²) in [6.45, 7) is 2.78. The number of nitrogens with zero attached hydrogens (tertiary/aromatic N) is 3. The van der Waals surface area contributed by atoms with Crippen LogP contribution < -0.4 is 10.2 Å². The van der Waals surface area contributed by atoms with Gasteiger partial charge in [-0.2, -0.15) is 0 Å². The summed E-state index contributed by atoms with van der Waals surface area (Å²) >= 11 is 7.38. The van der Waals surface area contributed by atoms with Gasteiger partial charge in [0.25, 0.3) is 5.91 Å². The number of hydrogen-bond donors (Lipinski definition) is 1. The van der Waals surface area contributed by atoms with Crippen LogP contribution in [0.3, 0.4) is 0 Å². The molecule has 1 fully saturated rings. The Hall–Kier alpha value is -2.16. The number of pyridine rings is 1. The van der Waals surface area contributed by atoms with Gasteiger partial charge >= 0.3 is 0 Å². The van der Waals surface area contributed by atoms with Gasteiger partial charge in [0.05, 0.1) is 28.1 Å². The van der Waals surface area contributed by atoms with Crippen molar-refractivity contribution in [2.24, 2.45) is 5.16 Å². The first-order chi connectivity index (χ1) is 12.7. The number of carbonyl (C=O) groups excluding carboxylic acids is 1. The molecule has 26 heavy (non-hydrogen) atoms. The van der Waals surface area contributed by atoms with Crippen LogP contribution >= 0.6 is 22.9 Å². The lowest BCUT2D eigenvalue weighted by Crippen LogP contribution is -2.37. The Labute approximate surface area is 159 Å². The molecule has 1 saturated heterocycles. The molecule has 2 aliphatic rings. The van der Waals surface area contributed by atoms with Gasteiger partial charge in [0.15, 0.2) is 5.82 Å². The number of aromatic nitrogens is 1. The van der Waals surface area contributed by atoms with Gasteiger partial charge in [0.2, 0.25) is 6.10 Å². The lowest BCUT2D eigenvalue weighted by molar-refractivity contribution is -0.125. The Bertz CT molecular complexity index is 835. The van der Waals surface area contributed by atoms with Gasteiger partial charge in [0, 0.05) is 25.7 Å². The fourth-order valence-corrected chi connectivity index (χ4v) is 3.90. The number of hydrogen-bond acceptors (Lipinski definition) is 7. The molecular weight excluding hydrogens is 376 g/mol. The van der Waals surface area contributed by atoms with Crippen molar-refractivity contribution in [3.63, 3.8) is 0 Å². The van der Waals surface area contributed by atoms with E-state index in [2.05, 4.69) is 20.4 Å². The number of thiophene rings is 1. The van der Waals surface area contributed by atoms with E-state index in [4.69, 9.17) is 21.2 Å². The largest absolute Gasteiger partial charge is 0.382 e. The molecule has 136 valence electrons. The van der Waals surface area contributed by atoms with Crippen molar-refractivity contribution >= 4 is 46.1 Å². The van der Waals surface area contributed by atoms with Crippen LogP contribution in [0.25, 0.3) is 0 Å². The topological polar surface area (TPSA) is 76.1 Å². The molecule has 0 bridgehead atoms. The molecule has 0 saturated carbocycles. The SMILES string of the molecule is O=C(Nc1cccnc1N1CCOCC1)[C@@H]1CC(c2ccc(Cl)s2)=NO1. The van der Waals surface area contributed by atoms with E-state index in [0.29, 0.717) is 29.7 Å². The highest BCUT2D eigenvalue weighted by molar-refractivity contribution is 7.18. The second kappa shape index (κ2) is 7.61. The first-order valence-electron chi connectivity index (χ1n) is 8.27. The predicted octanol–water partition coefficient (Wildman–Crippen LogP) is 2.76. The van der Waals surface area contributed by atoms with Gasteiger partial charge in [-0.25, -0.2) is 4.98 Å². The molecule has 4 rings (SSSR count). The smallest absolute Gasteiger partial charge is 0.268 e. The van der Waals surface area contributed by atoms with E-state index in [-0.39, 0.29) is 5.91 Å². The average molecular weight is 393 g/mol. The molecule has 1 N–H and O–H groups in total. The molecule has 1 atom stereocenters. The van der Waals surface area contributed by atoms with Crippen LogP contribution in [-0.2, 0) is 14.4 Å². The number of anilines is 2. The molecule has 2 aliphatic heterocycles. The van der Waals surface area contributed by atoms with Crippen molar-refractivity contribution in [2.45, 2.75) is 12.5 Å². The van der Waals surface area contributed by atoms with Crippen molar-refractivity contribution < 1.29 is 14.4 Å². The Kier molecular flexibility index (Phi) is 5.05. The highest BCUT2D eigenvalue weighted by Crippen LogP contribution is 2.28. The number of carbonyl (C=O) groups is 1. The zero-order chi connectivity index (χ0) is 17.9. The van der Waals surface area contributed by atoms with E-state index in [1.165, 1.54) is 11.3 Å². The average Bonchev–Trinajstić information content (AvgIpc) is 3.32. The summed E-state index contributed by atoms with van der Waals surface area (Å²) in [6, 6.07) is 7.32. The van der Waals surface area contributed by atoms with Crippen LogP contribution in [0.15, 0.2) is 35.6 Å². The molecule has 0 radical (unpaired) electrons. The second-order valence-electron chi connectivity index (χ2n) is 5.90. The molecule has 4 heterocycles. The molecular formula is C17H17ClN4O3S. The maximum atomic E-state index is 12.6. The molecule has 0 unspecified atom stereocenters. The van der Waals surface area contributed by atoms with E-state index in [1.54, 1.807) is 12.3 Å². The van der Waals surface area contributed by atoms with Gasteiger partial charge < -0.3 is 19.8 Å². The van der Waals surface area contributed by atoms with Crippen LogP contribution in [0, 0.1) is 0 Å². The molecule has 2 aromatic heterocycles. The van der Waals surface area contributed by atoms with E-state index >= 15 is 0 Å². The van der Waals surface area contributed by atoms with Crippen LogP contribution in [0.5, 0.6) is 0 Å². The quantitative estimate of drug-likeness (QED) is 0.865. The molecule has 0 aromatic carbocycles. The number of amides is 1. The minimum Gasteiger partial charge on any atom is -0.382 e. The van der Waals surface area contributed by atoms with E-state index in [1.807, 2.05) is 18.2 Å². The standard InChI is InChI=1S/C17H17ClN4O3S/c18-15-4-3-14(26-15)12-10-13(25-21-12)17(23)20-11-2-1-5-19-16(11)22-6-8-24-9-7-22/h1-5,13H,6-10H2,(H,20,23)/t13-/m0/s1. The minimum atomic E-state index is -0.663. The zero-order valence-corrected chi connectivity index (χ0v) is 15.4. The van der Waals surface area contributed by atoms with E-state index in [9.17, 15) is 4.79 Å². The fraction of sp³-hybridized carbons (Fsp3) is 0.353. The van der Waals surface area contributed by atoms with Crippen molar-refractivity contribution in [2.75, 3.05) is 36.5 Å². The van der Waals surface area contributed by atoms with Gasteiger partial charge in [-0.05, 0) is 24.3 Å². The third-order valence-electron chi connectivity index (χ3n) is 4.17. The van der Waals surface area contributed by atoms with Crippen LogP contribution in [0.4, 0.5) is 11.5 Å². The van der Waals surface area contributed by atoms with Gasteiger partial charge in [0.1, 0.15) is 5.71 Å². The fourth-order valence-electron chi connectivity index (χ4n) is 2.87. The summed E-state index contributed by atoms with van der Waals surface area (Å²) in [7, 11) is 0. The Morgan fingerprint density at radius 1 is 1.31 bits per heavy atom. The van der Waals surface area contributed by atoms with Gasteiger partial charge in [-0.1, -0.05) is 16.8 Å². The van der Waals surface area contributed by atoms with Gasteiger partial charge in [-0.3, -0.25) is 4.79 Å². The van der Waals surface area contributed by atoms with Crippen molar-refractivity contribution in [1.29, 1.82) is 0 Å². The number of oxime groups is 1. The first-order valence-corrected chi connectivity index (χ1v) is 9.47. The summed E-state index contributed by atoms with van der Waals surface area (Å²) in [5, 5.41) is 6.96. The van der Waals surface area contributed by atoms with Crippen molar-refractivity contribution in [3.05, 3.63) is 39.7 Å². The lowest BCUT2D eigenvalue weighted by atomic mass is 10.1. The molecule has 1 amide bonds. The number of nitrogens with one attached hydrogen (secondary N) is 1. The summed E-state index contributed by atoms with van der Waals surface area (Å²) in [6.07, 6.45) is 1.47. The minimum absolute atomic E-state index is 0.242. The monoisotopic (exact) mass is 392 g/mol. The third-order valence-corrected chi connectivity index (χ3v) is 5.45. The summed E-state index contributed by atoms with van der Waals surface area (Å²) in [5.41, 5.74) is 1.40. The lowest BCUT2D eigenvalue weighted by Gasteiger charge is -2.29. The maximum Gasteiger partial charge on any atom is 0.268 e. The molecule has 7 nitrogen and oxygen atoms in total. The zero-order valence-electron chi connectivity index (χ0n) is 13.9. The number of morpholine rings is 1. The van der Waals surface area contributed by atoms with E-state index in [0.717, 1.165) is 29.5 Å². The number of halogens is 1. The normalized spacial score (nSPS) is 19.8. The molecule has 9 heteroatoms. The third kappa shape index (κ3) is 3.67. The molecule has 2 aromatic rings.